The topological polar surface area (TPSA) is 85.5 Å². The fourth-order valence-electron chi connectivity index (χ4n) is 2.10. The summed E-state index contributed by atoms with van der Waals surface area (Å²) in [5, 5.41) is 12.7. The predicted octanol–water partition coefficient (Wildman–Crippen LogP) is 2.71. The van der Waals surface area contributed by atoms with Gasteiger partial charge in [-0.2, -0.15) is 4.98 Å². The Balaban J connectivity index is 2.18. The van der Waals surface area contributed by atoms with Crippen LogP contribution in [0.25, 0.3) is 11.4 Å². The summed E-state index contributed by atoms with van der Waals surface area (Å²) < 4.78 is 10.5. The van der Waals surface area contributed by atoms with Gasteiger partial charge in [-0.05, 0) is 30.5 Å². The van der Waals surface area contributed by atoms with Crippen molar-refractivity contribution in [3.8, 4) is 17.1 Å². The Kier molecular flexibility index (Phi) is 4.57. The quantitative estimate of drug-likeness (QED) is 0.880. The lowest BCUT2D eigenvalue weighted by molar-refractivity contribution is -0.137. The number of ether oxygens (including phenoxy) is 1. The molecule has 1 aromatic heterocycles. The maximum Gasteiger partial charge on any atom is 0.303 e. The zero-order valence-corrected chi connectivity index (χ0v) is 12.3. The van der Waals surface area contributed by atoms with Crippen molar-refractivity contribution in [2.75, 3.05) is 7.11 Å². The number of carbonyl (C=O) groups is 1. The Morgan fingerprint density at radius 3 is 2.90 bits per heavy atom. The summed E-state index contributed by atoms with van der Waals surface area (Å²) in [5.74, 6) is 0.671. The molecular weight excluding hydrogens is 272 g/mol. The van der Waals surface area contributed by atoms with Crippen molar-refractivity contribution in [2.45, 2.75) is 26.7 Å². The lowest BCUT2D eigenvalue weighted by atomic mass is 10.0. The number of aromatic nitrogens is 2. The summed E-state index contributed by atoms with van der Waals surface area (Å²) in [4.78, 5) is 15.0. The molecule has 0 fully saturated rings. The molecule has 0 aliphatic heterocycles. The minimum Gasteiger partial charge on any atom is -0.496 e. The number of hydrogen-bond donors (Lipinski definition) is 1. The van der Waals surface area contributed by atoms with E-state index in [1.165, 1.54) is 0 Å². The number of methoxy groups -OCH3 is 1. The third-order valence-corrected chi connectivity index (χ3v) is 3.11. The summed E-state index contributed by atoms with van der Waals surface area (Å²) in [7, 11) is 1.59. The molecule has 6 nitrogen and oxygen atoms in total. The summed E-state index contributed by atoms with van der Waals surface area (Å²) in [6, 6.07) is 5.73. The van der Waals surface area contributed by atoms with Crippen molar-refractivity contribution in [3.05, 3.63) is 29.7 Å². The van der Waals surface area contributed by atoms with Crippen LogP contribution in [-0.2, 0) is 11.2 Å². The third-order valence-electron chi connectivity index (χ3n) is 3.11. The van der Waals surface area contributed by atoms with E-state index in [-0.39, 0.29) is 12.3 Å². The molecule has 0 saturated carbocycles. The Bertz CT molecular complexity index is 636. The molecule has 1 atom stereocenters. The summed E-state index contributed by atoms with van der Waals surface area (Å²) in [6.45, 7) is 3.81. The van der Waals surface area contributed by atoms with Gasteiger partial charge in [0.1, 0.15) is 5.75 Å². The standard InChI is InChI=1S/C15H18N2O4/c1-9-4-5-11(12(6-9)20-3)15-16-13(21-17-15)7-10(2)8-14(18)19/h4-6,10H,7-8H2,1-3H3,(H,18,19). The molecule has 2 rings (SSSR count). The average molecular weight is 290 g/mol. The van der Waals surface area contributed by atoms with Crippen molar-refractivity contribution < 1.29 is 19.2 Å². The summed E-state index contributed by atoms with van der Waals surface area (Å²) >= 11 is 0. The van der Waals surface area contributed by atoms with Gasteiger partial charge in [-0.3, -0.25) is 4.79 Å². The number of carboxylic acid groups (broad SMARTS) is 1. The molecule has 0 aliphatic rings. The van der Waals surface area contributed by atoms with Gasteiger partial charge in [0, 0.05) is 12.8 Å². The fourth-order valence-corrected chi connectivity index (χ4v) is 2.10. The second-order valence-corrected chi connectivity index (χ2v) is 5.12. The minimum absolute atomic E-state index is 0.0595. The van der Waals surface area contributed by atoms with E-state index in [1.54, 1.807) is 7.11 Å². The van der Waals surface area contributed by atoms with Gasteiger partial charge in [0.05, 0.1) is 12.7 Å². The van der Waals surface area contributed by atoms with Gasteiger partial charge < -0.3 is 14.4 Å². The normalized spacial score (nSPS) is 12.1. The monoisotopic (exact) mass is 290 g/mol. The molecule has 1 unspecified atom stereocenters. The van der Waals surface area contributed by atoms with E-state index in [2.05, 4.69) is 10.1 Å². The zero-order valence-electron chi connectivity index (χ0n) is 12.3. The summed E-state index contributed by atoms with van der Waals surface area (Å²) in [6.07, 6.45) is 0.513. The highest BCUT2D eigenvalue weighted by Crippen LogP contribution is 2.29. The van der Waals surface area contributed by atoms with Crippen LogP contribution in [0.4, 0.5) is 0 Å². The van der Waals surface area contributed by atoms with Crippen LogP contribution in [0.1, 0.15) is 24.8 Å². The molecule has 6 heteroatoms. The maximum atomic E-state index is 10.7. The molecule has 0 amide bonds. The molecule has 0 bridgehead atoms. The highest BCUT2D eigenvalue weighted by Gasteiger charge is 2.16. The Hall–Kier alpha value is -2.37. The molecule has 0 spiro atoms. The highest BCUT2D eigenvalue weighted by molar-refractivity contribution is 5.67. The minimum atomic E-state index is -0.831. The molecule has 0 aliphatic carbocycles. The molecule has 1 aromatic carbocycles. The Morgan fingerprint density at radius 1 is 1.48 bits per heavy atom. The molecule has 1 heterocycles. The van der Waals surface area contributed by atoms with Crippen molar-refractivity contribution in [3.63, 3.8) is 0 Å². The van der Waals surface area contributed by atoms with E-state index in [0.29, 0.717) is 23.9 Å². The number of benzene rings is 1. The van der Waals surface area contributed by atoms with Gasteiger partial charge >= 0.3 is 5.97 Å². The number of rotatable bonds is 6. The van der Waals surface area contributed by atoms with Gasteiger partial charge in [0.15, 0.2) is 0 Å². The molecule has 1 N–H and O–H groups in total. The van der Waals surface area contributed by atoms with Gasteiger partial charge in [-0.25, -0.2) is 0 Å². The molecule has 0 radical (unpaired) electrons. The van der Waals surface area contributed by atoms with E-state index in [4.69, 9.17) is 14.4 Å². The van der Waals surface area contributed by atoms with Gasteiger partial charge in [0.25, 0.3) is 0 Å². The fraction of sp³-hybridized carbons (Fsp3) is 0.400. The van der Waals surface area contributed by atoms with E-state index in [1.807, 2.05) is 32.0 Å². The predicted molar refractivity (Wildman–Crippen MR) is 76.1 cm³/mol. The average Bonchev–Trinajstić information content (AvgIpc) is 2.85. The SMILES string of the molecule is COc1cc(C)ccc1-c1noc(CC(C)CC(=O)O)n1. The van der Waals surface area contributed by atoms with Crippen LogP contribution in [0.5, 0.6) is 5.75 Å². The van der Waals surface area contributed by atoms with Gasteiger partial charge in [-0.15, -0.1) is 0 Å². The van der Waals surface area contributed by atoms with Gasteiger partial charge in [0.2, 0.25) is 11.7 Å². The van der Waals surface area contributed by atoms with Crippen LogP contribution < -0.4 is 4.74 Å². The molecular formula is C15H18N2O4. The van der Waals surface area contributed by atoms with Crippen LogP contribution in [-0.4, -0.2) is 28.3 Å². The van der Waals surface area contributed by atoms with Crippen molar-refractivity contribution in [1.82, 2.24) is 10.1 Å². The molecule has 21 heavy (non-hydrogen) atoms. The second-order valence-electron chi connectivity index (χ2n) is 5.12. The Morgan fingerprint density at radius 2 is 2.24 bits per heavy atom. The molecule has 112 valence electrons. The third kappa shape index (κ3) is 3.81. The first-order chi connectivity index (χ1) is 9.99. The highest BCUT2D eigenvalue weighted by atomic mass is 16.5. The largest absolute Gasteiger partial charge is 0.496 e. The number of nitrogens with zero attached hydrogens (tertiary/aromatic N) is 2. The second kappa shape index (κ2) is 6.39. The van der Waals surface area contributed by atoms with Crippen LogP contribution in [0.3, 0.4) is 0 Å². The zero-order chi connectivity index (χ0) is 15.4. The number of carboxylic acids is 1. The lowest BCUT2D eigenvalue weighted by Crippen LogP contribution is -2.07. The van der Waals surface area contributed by atoms with Gasteiger partial charge in [-0.1, -0.05) is 18.1 Å². The van der Waals surface area contributed by atoms with Crippen molar-refractivity contribution in [2.24, 2.45) is 5.92 Å². The van der Waals surface area contributed by atoms with Crippen molar-refractivity contribution in [1.29, 1.82) is 0 Å². The number of hydrogen-bond acceptors (Lipinski definition) is 5. The first kappa shape index (κ1) is 15.0. The smallest absolute Gasteiger partial charge is 0.303 e. The van der Waals surface area contributed by atoms with Crippen molar-refractivity contribution >= 4 is 5.97 Å². The number of aryl methyl sites for hydroxylation is 1. The first-order valence-electron chi connectivity index (χ1n) is 6.69. The van der Waals surface area contributed by atoms with Crippen LogP contribution in [0.2, 0.25) is 0 Å². The van der Waals surface area contributed by atoms with E-state index < -0.39 is 5.97 Å². The maximum absolute atomic E-state index is 10.7. The Labute approximate surface area is 122 Å². The van der Waals surface area contributed by atoms with E-state index in [9.17, 15) is 4.79 Å². The first-order valence-corrected chi connectivity index (χ1v) is 6.69. The summed E-state index contributed by atoms with van der Waals surface area (Å²) in [5.41, 5.74) is 1.83. The van der Waals surface area contributed by atoms with Crippen LogP contribution in [0, 0.1) is 12.8 Å². The van der Waals surface area contributed by atoms with E-state index >= 15 is 0 Å². The lowest BCUT2D eigenvalue weighted by Gasteiger charge is -2.05. The van der Waals surface area contributed by atoms with Crippen LogP contribution >= 0.6 is 0 Å². The molecule has 2 aromatic rings. The number of aliphatic carboxylic acids is 1. The molecule has 0 saturated heterocycles. The van der Waals surface area contributed by atoms with Crippen LogP contribution in [0.15, 0.2) is 22.7 Å². The van der Waals surface area contributed by atoms with E-state index in [0.717, 1.165) is 11.1 Å².